The van der Waals surface area contributed by atoms with E-state index in [2.05, 4.69) is 17.2 Å². The number of halogens is 1. The summed E-state index contributed by atoms with van der Waals surface area (Å²) in [5.74, 6) is -0.703. The van der Waals surface area contributed by atoms with Crippen LogP contribution in [-0.4, -0.2) is 24.6 Å². The van der Waals surface area contributed by atoms with E-state index in [1.54, 1.807) is 25.1 Å². The molecule has 0 aliphatic carbocycles. The largest absolute Gasteiger partial charge is 0.478 e. The molecule has 0 saturated carbocycles. The topological polar surface area (TPSA) is 50.4 Å². The van der Waals surface area contributed by atoms with Crippen LogP contribution >= 0.6 is 0 Å². The van der Waals surface area contributed by atoms with Crippen molar-refractivity contribution in [3.63, 3.8) is 0 Å². The average Bonchev–Trinajstić information content (AvgIpc) is 2.44. The Bertz CT molecular complexity index is 489. The standard InChI is InChI=1S/C16H23FN2O2/c1-5-8-18-16(20)12(4)21-15-7-6-13(9-14(15)17)10-19-11(2)3/h5-7,9,11-12,19H,1,8,10H2,2-4H3,(H,18,20). The highest BCUT2D eigenvalue weighted by Crippen LogP contribution is 2.19. The van der Waals surface area contributed by atoms with Gasteiger partial charge in [-0.05, 0) is 24.6 Å². The minimum Gasteiger partial charge on any atom is -0.478 e. The lowest BCUT2D eigenvalue weighted by atomic mass is 10.2. The lowest BCUT2D eigenvalue weighted by molar-refractivity contribution is -0.127. The molecular formula is C16H23FN2O2. The van der Waals surface area contributed by atoms with Crippen LogP contribution in [0, 0.1) is 5.82 Å². The third kappa shape index (κ3) is 5.95. The highest BCUT2D eigenvalue weighted by atomic mass is 19.1. The number of benzene rings is 1. The molecule has 0 aromatic heterocycles. The normalized spacial score (nSPS) is 12.0. The smallest absolute Gasteiger partial charge is 0.261 e. The second-order valence-corrected chi connectivity index (χ2v) is 5.09. The van der Waals surface area contributed by atoms with Crippen LogP contribution in [0.4, 0.5) is 4.39 Å². The van der Waals surface area contributed by atoms with Crippen LogP contribution in [-0.2, 0) is 11.3 Å². The van der Waals surface area contributed by atoms with E-state index < -0.39 is 11.9 Å². The van der Waals surface area contributed by atoms with Crippen molar-refractivity contribution in [3.05, 3.63) is 42.2 Å². The number of carbonyl (C=O) groups excluding carboxylic acids is 1. The highest BCUT2D eigenvalue weighted by Gasteiger charge is 2.16. The summed E-state index contributed by atoms with van der Waals surface area (Å²) in [6.45, 7) is 10.1. The molecule has 0 spiro atoms. The Hall–Kier alpha value is -1.88. The number of hydrogen-bond donors (Lipinski definition) is 2. The van der Waals surface area contributed by atoms with Gasteiger partial charge in [0.2, 0.25) is 0 Å². The average molecular weight is 294 g/mol. The van der Waals surface area contributed by atoms with Crippen LogP contribution < -0.4 is 15.4 Å². The zero-order chi connectivity index (χ0) is 15.8. The number of nitrogens with one attached hydrogen (secondary N) is 2. The summed E-state index contributed by atoms with van der Waals surface area (Å²) < 4.78 is 19.3. The lowest BCUT2D eigenvalue weighted by Gasteiger charge is -2.15. The summed E-state index contributed by atoms with van der Waals surface area (Å²) in [6.07, 6.45) is 0.806. The van der Waals surface area contributed by atoms with Crippen LogP contribution in [0.1, 0.15) is 26.3 Å². The maximum absolute atomic E-state index is 13.9. The summed E-state index contributed by atoms with van der Waals surface area (Å²) in [5.41, 5.74) is 0.831. The van der Waals surface area contributed by atoms with Crippen molar-refractivity contribution in [1.29, 1.82) is 0 Å². The van der Waals surface area contributed by atoms with Crippen molar-refractivity contribution in [2.75, 3.05) is 6.54 Å². The molecule has 0 heterocycles. The lowest BCUT2D eigenvalue weighted by Crippen LogP contribution is -2.36. The van der Waals surface area contributed by atoms with Gasteiger partial charge in [-0.3, -0.25) is 4.79 Å². The first-order chi connectivity index (χ1) is 9.93. The molecule has 0 fully saturated rings. The van der Waals surface area contributed by atoms with Crippen LogP contribution in [0.25, 0.3) is 0 Å². The van der Waals surface area contributed by atoms with E-state index in [9.17, 15) is 9.18 Å². The Balaban J connectivity index is 2.63. The van der Waals surface area contributed by atoms with Gasteiger partial charge < -0.3 is 15.4 Å². The molecule has 2 N–H and O–H groups in total. The third-order valence-electron chi connectivity index (χ3n) is 2.80. The predicted molar refractivity (Wildman–Crippen MR) is 81.7 cm³/mol. The van der Waals surface area contributed by atoms with Crippen LogP contribution in [0.15, 0.2) is 30.9 Å². The van der Waals surface area contributed by atoms with E-state index in [0.717, 1.165) is 5.56 Å². The molecule has 0 saturated heterocycles. The Morgan fingerprint density at radius 1 is 1.43 bits per heavy atom. The summed E-state index contributed by atoms with van der Waals surface area (Å²) in [7, 11) is 0. The van der Waals surface area contributed by atoms with Crippen molar-refractivity contribution in [2.24, 2.45) is 0 Å². The van der Waals surface area contributed by atoms with E-state index in [0.29, 0.717) is 19.1 Å². The number of ether oxygens (including phenoxy) is 1. The molecule has 1 rings (SSSR count). The van der Waals surface area contributed by atoms with Gasteiger partial charge in [-0.1, -0.05) is 26.0 Å². The third-order valence-corrected chi connectivity index (χ3v) is 2.80. The van der Waals surface area contributed by atoms with Crippen LogP contribution in [0.2, 0.25) is 0 Å². The second kappa shape index (κ2) is 8.42. The molecule has 4 nitrogen and oxygen atoms in total. The fourth-order valence-corrected chi connectivity index (χ4v) is 1.63. The SMILES string of the molecule is C=CCNC(=O)C(C)Oc1ccc(CNC(C)C)cc1F. The number of hydrogen-bond acceptors (Lipinski definition) is 3. The number of carbonyl (C=O) groups is 1. The van der Waals surface area contributed by atoms with Crippen molar-refractivity contribution < 1.29 is 13.9 Å². The molecule has 21 heavy (non-hydrogen) atoms. The van der Waals surface area contributed by atoms with Gasteiger partial charge in [-0.2, -0.15) is 0 Å². The first-order valence-electron chi connectivity index (χ1n) is 7.01. The summed E-state index contributed by atoms with van der Waals surface area (Å²) in [5, 5.41) is 5.81. The van der Waals surface area contributed by atoms with Crippen molar-refractivity contribution >= 4 is 5.91 Å². The van der Waals surface area contributed by atoms with Crippen LogP contribution in [0.3, 0.4) is 0 Å². The van der Waals surface area contributed by atoms with Gasteiger partial charge >= 0.3 is 0 Å². The molecule has 0 bridgehead atoms. The van der Waals surface area contributed by atoms with Crippen molar-refractivity contribution in [1.82, 2.24) is 10.6 Å². The Morgan fingerprint density at radius 3 is 2.71 bits per heavy atom. The molecule has 1 aromatic carbocycles. The maximum atomic E-state index is 13.9. The minimum absolute atomic E-state index is 0.0737. The van der Waals surface area contributed by atoms with Gasteiger partial charge in [0.25, 0.3) is 5.91 Å². The zero-order valence-electron chi connectivity index (χ0n) is 12.8. The Kier molecular flexibility index (Phi) is 6.88. The quantitative estimate of drug-likeness (QED) is 0.724. The molecule has 0 radical (unpaired) electrons. The molecule has 1 amide bonds. The zero-order valence-corrected chi connectivity index (χ0v) is 12.8. The van der Waals surface area contributed by atoms with Gasteiger partial charge in [0.1, 0.15) is 0 Å². The second-order valence-electron chi connectivity index (χ2n) is 5.09. The van der Waals surface area contributed by atoms with Gasteiger partial charge in [0.15, 0.2) is 17.7 Å². The first-order valence-corrected chi connectivity index (χ1v) is 7.01. The van der Waals surface area contributed by atoms with Gasteiger partial charge in [-0.15, -0.1) is 6.58 Å². The van der Waals surface area contributed by atoms with Gasteiger partial charge in [0, 0.05) is 19.1 Å². The van der Waals surface area contributed by atoms with Crippen molar-refractivity contribution in [2.45, 2.75) is 39.5 Å². The molecule has 0 aliphatic rings. The monoisotopic (exact) mass is 294 g/mol. The molecule has 0 aliphatic heterocycles. The minimum atomic E-state index is -0.765. The molecular weight excluding hydrogens is 271 g/mol. The first kappa shape index (κ1) is 17.2. The number of rotatable bonds is 8. The van der Waals surface area contributed by atoms with Gasteiger partial charge in [0.05, 0.1) is 0 Å². The van der Waals surface area contributed by atoms with Crippen molar-refractivity contribution in [3.8, 4) is 5.75 Å². The Morgan fingerprint density at radius 2 is 2.14 bits per heavy atom. The molecule has 1 aromatic rings. The van der Waals surface area contributed by atoms with E-state index in [1.165, 1.54) is 6.07 Å². The van der Waals surface area contributed by atoms with E-state index in [-0.39, 0.29) is 11.7 Å². The molecule has 1 atom stereocenters. The summed E-state index contributed by atoms with van der Waals surface area (Å²) >= 11 is 0. The van der Waals surface area contributed by atoms with E-state index >= 15 is 0 Å². The Labute approximate surface area is 125 Å². The highest BCUT2D eigenvalue weighted by molar-refractivity contribution is 5.80. The molecule has 5 heteroatoms. The fraction of sp³-hybridized carbons (Fsp3) is 0.438. The predicted octanol–water partition coefficient (Wildman–Crippen LogP) is 2.39. The summed E-state index contributed by atoms with van der Waals surface area (Å²) in [4.78, 5) is 11.6. The van der Waals surface area contributed by atoms with E-state index in [1.807, 2.05) is 13.8 Å². The van der Waals surface area contributed by atoms with E-state index in [4.69, 9.17) is 4.74 Å². The molecule has 116 valence electrons. The fourth-order valence-electron chi connectivity index (χ4n) is 1.63. The van der Waals surface area contributed by atoms with Crippen LogP contribution in [0.5, 0.6) is 5.75 Å². The number of amides is 1. The summed E-state index contributed by atoms with van der Waals surface area (Å²) in [6, 6.07) is 5.07. The maximum Gasteiger partial charge on any atom is 0.261 e. The molecule has 1 unspecified atom stereocenters. The van der Waals surface area contributed by atoms with Gasteiger partial charge in [-0.25, -0.2) is 4.39 Å².